The number of carbonyl (C=O) groups excluding carboxylic acids is 3. The molecule has 0 bridgehead atoms. The third-order valence-corrected chi connectivity index (χ3v) is 4.58. The van der Waals surface area contributed by atoms with Crippen LogP contribution in [0.4, 0.5) is 9.18 Å². The number of nitrogens with one attached hydrogen (secondary N) is 2. The lowest BCUT2D eigenvalue weighted by Crippen LogP contribution is -2.42. The predicted molar refractivity (Wildman–Crippen MR) is 107 cm³/mol. The van der Waals surface area contributed by atoms with Crippen LogP contribution in [0.25, 0.3) is 0 Å². The van der Waals surface area contributed by atoms with E-state index < -0.39 is 17.5 Å². The standard InChI is InChI=1S/C21H30FN3O4/c1-21(2,3)29-20(28)23-10-7-18(26)24-14-15-8-11-25(12-9-15)19(27)16-5-4-6-17(22)13-16/h4-6,13,15H,7-12,14H2,1-3H3,(H,23,28)(H,24,26). The van der Waals surface area contributed by atoms with Crippen molar-refractivity contribution in [3.05, 3.63) is 35.6 Å². The largest absolute Gasteiger partial charge is 0.444 e. The van der Waals surface area contributed by atoms with Crippen molar-refractivity contribution in [1.29, 1.82) is 0 Å². The van der Waals surface area contributed by atoms with Gasteiger partial charge < -0.3 is 20.3 Å². The van der Waals surface area contributed by atoms with E-state index in [1.165, 1.54) is 18.2 Å². The Morgan fingerprint density at radius 3 is 2.48 bits per heavy atom. The molecule has 1 aliphatic rings. The van der Waals surface area contributed by atoms with Crippen LogP contribution < -0.4 is 10.6 Å². The molecule has 2 N–H and O–H groups in total. The van der Waals surface area contributed by atoms with E-state index in [-0.39, 0.29) is 30.7 Å². The van der Waals surface area contributed by atoms with Crippen LogP contribution >= 0.6 is 0 Å². The third-order valence-electron chi connectivity index (χ3n) is 4.58. The number of halogens is 1. The molecule has 2 rings (SSSR count). The molecule has 0 radical (unpaired) electrons. The molecule has 0 saturated carbocycles. The highest BCUT2D eigenvalue weighted by molar-refractivity contribution is 5.94. The minimum atomic E-state index is -0.572. The highest BCUT2D eigenvalue weighted by atomic mass is 19.1. The van der Waals surface area contributed by atoms with Crippen LogP contribution in [0.1, 0.15) is 50.4 Å². The summed E-state index contributed by atoms with van der Waals surface area (Å²) in [6.45, 7) is 7.23. The van der Waals surface area contributed by atoms with Crippen LogP contribution in [-0.4, -0.2) is 54.6 Å². The van der Waals surface area contributed by atoms with Crippen LogP contribution in [0.5, 0.6) is 0 Å². The Morgan fingerprint density at radius 1 is 1.17 bits per heavy atom. The SMILES string of the molecule is CC(C)(C)OC(=O)NCCC(=O)NCC1CCN(C(=O)c2cccc(F)c2)CC1. The minimum Gasteiger partial charge on any atom is -0.444 e. The number of nitrogens with zero attached hydrogens (tertiary/aromatic N) is 1. The minimum absolute atomic E-state index is 0.140. The Morgan fingerprint density at radius 2 is 1.86 bits per heavy atom. The third kappa shape index (κ3) is 8.09. The molecular formula is C21H30FN3O4. The summed E-state index contributed by atoms with van der Waals surface area (Å²) in [4.78, 5) is 37.6. The highest BCUT2D eigenvalue weighted by Gasteiger charge is 2.24. The van der Waals surface area contributed by atoms with Gasteiger partial charge in [-0.2, -0.15) is 0 Å². The number of ether oxygens (including phenoxy) is 1. The molecule has 1 aromatic rings. The van der Waals surface area contributed by atoms with Crippen LogP contribution in [0.3, 0.4) is 0 Å². The zero-order chi connectivity index (χ0) is 21.4. The monoisotopic (exact) mass is 407 g/mol. The van der Waals surface area contributed by atoms with Crippen molar-refractivity contribution in [1.82, 2.24) is 15.5 Å². The molecule has 8 heteroatoms. The number of amides is 3. The Labute approximate surface area is 171 Å². The van der Waals surface area contributed by atoms with E-state index >= 15 is 0 Å². The molecule has 0 aliphatic carbocycles. The molecular weight excluding hydrogens is 377 g/mol. The van der Waals surface area contributed by atoms with Gasteiger partial charge in [0.2, 0.25) is 5.91 Å². The second kappa shape index (κ2) is 10.2. The second-order valence-electron chi connectivity index (χ2n) is 8.23. The summed E-state index contributed by atoms with van der Waals surface area (Å²) < 4.78 is 18.4. The lowest BCUT2D eigenvalue weighted by Gasteiger charge is -2.32. The number of hydrogen-bond acceptors (Lipinski definition) is 4. The first-order valence-electron chi connectivity index (χ1n) is 9.92. The number of piperidine rings is 1. The van der Waals surface area contributed by atoms with Crippen molar-refractivity contribution in [3.63, 3.8) is 0 Å². The van der Waals surface area contributed by atoms with Gasteiger partial charge in [0.25, 0.3) is 5.91 Å². The number of hydrogen-bond donors (Lipinski definition) is 2. The van der Waals surface area contributed by atoms with Crippen molar-refractivity contribution in [2.24, 2.45) is 5.92 Å². The first kappa shape index (κ1) is 22.6. The maximum absolute atomic E-state index is 13.3. The smallest absolute Gasteiger partial charge is 0.407 e. The van der Waals surface area contributed by atoms with E-state index in [9.17, 15) is 18.8 Å². The summed E-state index contributed by atoms with van der Waals surface area (Å²) in [5.41, 5.74) is -0.216. The zero-order valence-corrected chi connectivity index (χ0v) is 17.3. The molecule has 1 saturated heterocycles. The van der Waals surface area contributed by atoms with E-state index in [4.69, 9.17) is 4.74 Å². The van der Waals surface area contributed by atoms with Crippen molar-refractivity contribution in [3.8, 4) is 0 Å². The quantitative estimate of drug-likeness (QED) is 0.759. The van der Waals surface area contributed by atoms with Gasteiger partial charge in [-0.05, 0) is 57.7 Å². The fourth-order valence-corrected chi connectivity index (χ4v) is 3.08. The number of alkyl carbamates (subject to hydrolysis) is 1. The number of likely N-dealkylation sites (tertiary alicyclic amines) is 1. The van der Waals surface area contributed by atoms with Crippen molar-refractivity contribution < 1.29 is 23.5 Å². The summed E-state index contributed by atoms with van der Waals surface area (Å²) in [7, 11) is 0. The van der Waals surface area contributed by atoms with E-state index in [0.717, 1.165) is 12.8 Å². The molecule has 0 atom stereocenters. The van der Waals surface area contributed by atoms with E-state index in [2.05, 4.69) is 10.6 Å². The van der Waals surface area contributed by atoms with Gasteiger partial charge in [0.1, 0.15) is 11.4 Å². The Kier molecular flexibility index (Phi) is 7.99. The van der Waals surface area contributed by atoms with Crippen molar-refractivity contribution in [2.75, 3.05) is 26.2 Å². The van der Waals surface area contributed by atoms with Crippen LogP contribution in [0.2, 0.25) is 0 Å². The van der Waals surface area contributed by atoms with Gasteiger partial charge in [-0.1, -0.05) is 6.07 Å². The molecule has 3 amide bonds. The van der Waals surface area contributed by atoms with Gasteiger partial charge in [0.05, 0.1) is 0 Å². The number of rotatable bonds is 6. The Hall–Kier alpha value is -2.64. The molecule has 0 spiro atoms. The van der Waals surface area contributed by atoms with Gasteiger partial charge in [0, 0.05) is 38.2 Å². The summed E-state index contributed by atoms with van der Waals surface area (Å²) in [5.74, 6) is -0.441. The summed E-state index contributed by atoms with van der Waals surface area (Å²) >= 11 is 0. The fraction of sp³-hybridized carbons (Fsp3) is 0.571. The van der Waals surface area contributed by atoms with Crippen LogP contribution in [0, 0.1) is 11.7 Å². The van der Waals surface area contributed by atoms with E-state index in [0.29, 0.717) is 25.2 Å². The second-order valence-corrected chi connectivity index (χ2v) is 8.23. The van der Waals surface area contributed by atoms with Gasteiger partial charge >= 0.3 is 6.09 Å². The van der Waals surface area contributed by atoms with Gasteiger partial charge in [0.15, 0.2) is 0 Å². The molecule has 7 nitrogen and oxygen atoms in total. The molecule has 1 aliphatic heterocycles. The van der Waals surface area contributed by atoms with E-state index in [1.54, 1.807) is 31.7 Å². The molecule has 0 aromatic heterocycles. The molecule has 160 valence electrons. The highest BCUT2D eigenvalue weighted by Crippen LogP contribution is 2.19. The zero-order valence-electron chi connectivity index (χ0n) is 17.3. The van der Waals surface area contributed by atoms with Gasteiger partial charge in [-0.15, -0.1) is 0 Å². The number of carbonyl (C=O) groups is 3. The Balaban J connectivity index is 1.63. The molecule has 0 unspecified atom stereocenters. The fourth-order valence-electron chi connectivity index (χ4n) is 3.08. The van der Waals surface area contributed by atoms with Gasteiger partial charge in [-0.3, -0.25) is 9.59 Å². The molecule has 1 fully saturated rings. The normalized spacial score (nSPS) is 15.0. The van der Waals surface area contributed by atoms with Crippen LogP contribution in [0.15, 0.2) is 24.3 Å². The first-order valence-corrected chi connectivity index (χ1v) is 9.92. The van der Waals surface area contributed by atoms with Crippen molar-refractivity contribution >= 4 is 17.9 Å². The summed E-state index contributed by atoms with van der Waals surface area (Å²) in [5, 5.41) is 5.43. The molecule has 29 heavy (non-hydrogen) atoms. The maximum Gasteiger partial charge on any atom is 0.407 e. The summed E-state index contributed by atoms with van der Waals surface area (Å²) in [6.07, 6.45) is 1.19. The van der Waals surface area contributed by atoms with Crippen LogP contribution in [-0.2, 0) is 9.53 Å². The van der Waals surface area contributed by atoms with Gasteiger partial charge in [-0.25, -0.2) is 9.18 Å². The average Bonchev–Trinajstić information content (AvgIpc) is 2.65. The van der Waals surface area contributed by atoms with E-state index in [1.807, 2.05) is 0 Å². The summed E-state index contributed by atoms with van der Waals surface area (Å²) in [6, 6.07) is 5.71. The number of benzene rings is 1. The average molecular weight is 407 g/mol. The van der Waals surface area contributed by atoms with Crippen molar-refractivity contribution in [2.45, 2.75) is 45.6 Å². The lowest BCUT2D eigenvalue weighted by atomic mass is 9.96. The molecule has 1 heterocycles. The first-order chi connectivity index (χ1) is 13.6. The Bertz CT molecular complexity index is 725. The predicted octanol–water partition coefficient (Wildman–Crippen LogP) is 2.71. The molecule has 1 aromatic carbocycles. The topological polar surface area (TPSA) is 87.7 Å². The lowest BCUT2D eigenvalue weighted by molar-refractivity contribution is -0.121. The maximum atomic E-state index is 13.3.